The first-order valence-electron chi connectivity index (χ1n) is 6.99. The van der Waals surface area contributed by atoms with Gasteiger partial charge in [0, 0.05) is 13.1 Å². The molecule has 5 nitrogen and oxygen atoms in total. The summed E-state index contributed by atoms with van der Waals surface area (Å²) in [6.07, 6.45) is 1.60. The summed E-state index contributed by atoms with van der Waals surface area (Å²) in [5.41, 5.74) is 2.61. The van der Waals surface area contributed by atoms with Crippen LogP contribution in [0.1, 0.15) is 32.9 Å². The molecule has 1 heterocycles. The average molecular weight is 289 g/mol. The van der Waals surface area contributed by atoms with Crippen LogP contribution in [-0.4, -0.2) is 29.6 Å². The fourth-order valence-corrected chi connectivity index (χ4v) is 2.61. The highest BCUT2D eigenvalue weighted by Gasteiger charge is 2.41. The Balaban J connectivity index is 2.32. The Hall–Kier alpha value is -2.17. The van der Waals surface area contributed by atoms with Gasteiger partial charge in [0.05, 0.1) is 12.3 Å². The van der Waals surface area contributed by atoms with Crippen molar-refractivity contribution >= 4 is 17.5 Å². The molecule has 1 aromatic heterocycles. The molecule has 0 aromatic carbocycles. The van der Waals surface area contributed by atoms with Crippen LogP contribution in [0, 0.1) is 5.92 Å². The molecule has 0 spiro atoms. The first-order chi connectivity index (χ1) is 10.0. The molecule has 112 valence electrons. The summed E-state index contributed by atoms with van der Waals surface area (Å²) < 4.78 is 10.4. The van der Waals surface area contributed by atoms with Crippen LogP contribution in [-0.2, 0) is 19.1 Å². The van der Waals surface area contributed by atoms with Gasteiger partial charge in [-0.15, -0.1) is 0 Å². The molecule has 0 N–H and O–H groups in total. The van der Waals surface area contributed by atoms with Crippen molar-refractivity contribution in [2.24, 2.45) is 5.92 Å². The van der Waals surface area contributed by atoms with Gasteiger partial charge in [0.25, 0.3) is 0 Å². The molecule has 1 aliphatic carbocycles. The zero-order valence-electron chi connectivity index (χ0n) is 12.5. The third kappa shape index (κ3) is 3.29. The molecule has 0 aliphatic heterocycles. The van der Waals surface area contributed by atoms with Crippen molar-refractivity contribution < 1.29 is 19.1 Å². The van der Waals surface area contributed by atoms with Crippen molar-refractivity contribution in [3.05, 3.63) is 35.7 Å². The summed E-state index contributed by atoms with van der Waals surface area (Å²) in [6, 6.07) is 5.61. The Morgan fingerprint density at radius 2 is 2.14 bits per heavy atom. The van der Waals surface area contributed by atoms with Crippen LogP contribution in [0.5, 0.6) is 0 Å². The summed E-state index contributed by atoms with van der Waals surface area (Å²) >= 11 is 0. The minimum absolute atomic E-state index is 0.306. The lowest BCUT2D eigenvalue weighted by Crippen LogP contribution is -2.30. The number of ether oxygens (including phenoxy) is 2. The van der Waals surface area contributed by atoms with E-state index in [-0.39, 0.29) is 5.97 Å². The predicted octanol–water partition coefficient (Wildman–Crippen LogP) is 2.37. The maximum atomic E-state index is 12.1. The largest absolute Gasteiger partial charge is 0.466 e. The molecule has 0 unspecified atom stereocenters. The van der Waals surface area contributed by atoms with E-state index in [2.05, 4.69) is 4.98 Å². The van der Waals surface area contributed by atoms with Crippen LogP contribution in [0.25, 0.3) is 5.57 Å². The number of carbonyl (C=O) groups excluding carboxylic acids is 2. The van der Waals surface area contributed by atoms with Crippen LogP contribution < -0.4 is 0 Å². The Bertz CT molecular complexity index is 565. The van der Waals surface area contributed by atoms with Gasteiger partial charge >= 0.3 is 11.9 Å². The fourth-order valence-electron chi connectivity index (χ4n) is 2.61. The highest BCUT2D eigenvalue weighted by Crippen LogP contribution is 2.39. The number of aromatic nitrogens is 1. The van der Waals surface area contributed by atoms with E-state index in [1.54, 1.807) is 13.1 Å². The molecule has 1 aliphatic rings. The van der Waals surface area contributed by atoms with Gasteiger partial charge in [-0.3, -0.25) is 14.6 Å². The van der Waals surface area contributed by atoms with E-state index >= 15 is 0 Å². The lowest BCUT2D eigenvalue weighted by atomic mass is 10.0. The van der Waals surface area contributed by atoms with Gasteiger partial charge < -0.3 is 9.47 Å². The van der Waals surface area contributed by atoms with Gasteiger partial charge in [0.2, 0.25) is 0 Å². The molecule has 5 heteroatoms. The summed E-state index contributed by atoms with van der Waals surface area (Å²) in [7, 11) is 0. The number of hydrogen-bond acceptors (Lipinski definition) is 5. The van der Waals surface area contributed by atoms with Crippen LogP contribution >= 0.6 is 0 Å². The van der Waals surface area contributed by atoms with Gasteiger partial charge in [-0.05, 0) is 43.5 Å². The van der Waals surface area contributed by atoms with Crippen LogP contribution in [0.2, 0.25) is 0 Å². The summed E-state index contributed by atoms with van der Waals surface area (Å²) in [6.45, 7) is 5.28. The summed E-state index contributed by atoms with van der Waals surface area (Å²) in [5, 5.41) is 0. The second-order valence-corrected chi connectivity index (χ2v) is 4.97. The number of esters is 2. The van der Waals surface area contributed by atoms with Crippen molar-refractivity contribution in [3.63, 3.8) is 0 Å². The van der Waals surface area contributed by atoms with Gasteiger partial charge in [0.1, 0.15) is 12.0 Å². The molecular formula is C16H19NO4. The van der Waals surface area contributed by atoms with Gasteiger partial charge in [-0.1, -0.05) is 6.07 Å². The van der Waals surface area contributed by atoms with Crippen LogP contribution in [0.3, 0.4) is 0 Å². The Morgan fingerprint density at radius 1 is 1.38 bits per heavy atom. The second kappa shape index (κ2) is 6.52. The molecule has 0 radical (unpaired) electrons. The minimum Gasteiger partial charge on any atom is -0.466 e. The van der Waals surface area contributed by atoms with E-state index in [0.29, 0.717) is 13.0 Å². The van der Waals surface area contributed by atoms with E-state index in [1.807, 2.05) is 25.1 Å². The zero-order chi connectivity index (χ0) is 15.4. The van der Waals surface area contributed by atoms with Crippen molar-refractivity contribution in [1.29, 1.82) is 0 Å². The normalized spacial score (nSPS) is 21.3. The van der Waals surface area contributed by atoms with Crippen molar-refractivity contribution in [2.45, 2.75) is 33.3 Å². The third-order valence-corrected chi connectivity index (χ3v) is 3.55. The SMILES string of the molecule is CCOC(=O)[C@@H]1CC(c2ccccn2)=C(C)[C@H]1OC(C)=O. The summed E-state index contributed by atoms with van der Waals surface area (Å²) in [5.74, 6) is -1.24. The van der Waals surface area contributed by atoms with Gasteiger partial charge in [0.15, 0.2) is 0 Å². The van der Waals surface area contributed by atoms with E-state index in [9.17, 15) is 9.59 Å². The van der Waals surface area contributed by atoms with E-state index in [4.69, 9.17) is 9.47 Å². The smallest absolute Gasteiger partial charge is 0.313 e. The van der Waals surface area contributed by atoms with Crippen LogP contribution in [0.15, 0.2) is 30.0 Å². The Kier molecular flexibility index (Phi) is 4.73. The number of carbonyl (C=O) groups is 2. The number of hydrogen-bond donors (Lipinski definition) is 0. The lowest BCUT2D eigenvalue weighted by Gasteiger charge is -2.19. The fraction of sp³-hybridized carbons (Fsp3) is 0.438. The first-order valence-corrected chi connectivity index (χ1v) is 6.99. The average Bonchev–Trinajstić information content (AvgIpc) is 2.77. The van der Waals surface area contributed by atoms with Crippen molar-refractivity contribution in [2.75, 3.05) is 6.61 Å². The quantitative estimate of drug-likeness (QED) is 0.796. The second-order valence-electron chi connectivity index (χ2n) is 4.97. The van der Waals surface area contributed by atoms with Crippen LogP contribution in [0.4, 0.5) is 0 Å². The van der Waals surface area contributed by atoms with Gasteiger partial charge in [-0.25, -0.2) is 0 Å². The Morgan fingerprint density at radius 3 is 2.71 bits per heavy atom. The molecule has 21 heavy (non-hydrogen) atoms. The maximum Gasteiger partial charge on any atom is 0.313 e. The molecule has 2 rings (SSSR count). The minimum atomic E-state index is -0.571. The highest BCUT2D eigenvalue weighted by atomic mass is 16.6. The van der Waals surface area contributed by atoms with Crippen molar-refractivity contribution in [3.8, 4) is 0 Å². The van der Waals surface area contributed by atoms with E-state index in [0.717, 1.165) is 16.8 Å². The zero-order valence-corrected chi connectivity index (χ0v) is 12.5. The van der Waals surface area contributed by atoms with E-state index < -0.39 is 18.0 Å². The predicted molar refractivity (Wildman–Crippen MR) is 77.1 cm³/mol. The third-order valence-electron chi connectivity index (χ3n) is 3.55. The Labute approximate surface area is 124 Å². The standard InChI is InChI=1S/C16H19NO4/c1-4-20-16(19)13-9-12(14-7-5-6-8-17-14)10(2)15(13)21-11(3)18/h5-8,13,15H,4,9H2,1-3H3/t13-,15-/m1/s1. The monoisotopic (exact) mass is 289 g/mol. The van der Waals surface area contributed by atoms with E-state index in [1.165, 1.54) is 6.92 Å². The molecule has 2 atom stereocenters. The lowest BCUT2D eigenvalue weighted by molar-refractivity contribution is -0.157. The molecular weight excluding hydrogens is 270 g/mol. The molecule has 0 saturated carbocycles. The van der Waals surface area contributed by atoms with Gasteiger partial charge in [-0.2, -0.15) is 0 Å². The molecule has 0 amide bonds. The number of allylic oxidation sites excluding steroid dienone is 1. The highest BCUT2D eigenvalue weighted by molar-refractivity contribution is 5.83. The number of pyridine rings is 1. The molecule has 0 fully saturated rings. The summed E-state index contributed by atoms with van der Waals surface area (Å²) in [4.78, 5) is 27.7. The van der Waals surface area contributed by atoms with Crippen molar-refractivity contribution in [1.82, 2.24) is 4.98 Å². The molecule has 0 saturated heterocycles. The first kappa shape index (κ1) is 15.2. The number of nitrogens with zero attached hydrogens (tertiary/aromatic N) is 1. The molecule has 0 bridgehead atoms. The topological polar surface area (TPSA) is 65.5 Å². The number of rotatable bonds is 4. The molecule has 1 aromatic rings. The maximum absolute atomic E-state index is 12.1.